The summed E-state index contributed by atoms with van der Waals surface area (Å²) in [6.45, 7) is 0.509. The fourth-order valence-corrected chi connectivity index (χ4v) is 2.03. The van der Waals surface area contributed by atoms with E-state index in [2.05, 4.69) is 15.9 Å². The van der Waals surface area contributed by atoms with Crippen LogP contribution >= 0.6 is 51.3 Å². The van der Waals surface area contributed by atoms with Crippen LogP contribution in [0.2, 0.25) is 10.0 Å². The van der Waals surface area contributed by atoms with Gasteiger partial charge in [-0.3, -0.25) is 0 Å². The summed E-state index contributed by atoms with van der Waals surface area (Å²) in [4.78, 5) is 0.489. The van der Waals surface area contributed by atoms with Crippen LogP contribution in [0.5, 0.6) is 5.75 Å². The molecular weight excluding hydrogens is 333 g/mol. The van der Waals surface area contributed by atoms with Gasteiger partial charge in [0.25, 0.3) is 0 Å². The fourth-order valence-electron chi connectivity index (χ4n) is 1.04. The lowest BCUT2D eigenvalue weighted by molar-refractivity contribution is 0.314. The van der Waals surface area contributed by atoms with E-state index in [-0.39, 0.29) is 0 Å². The predicted octanol–water partition coefficient (Wildman–Crippen LogP) is 4.20. The minimum atomic E-state index is 0.489. The zero-order valence-corrected chi connectivity index (χ0v) is 12.2. The van der Waals surface area contributed by atoms with E-state index < -0.39 is 0 Å². The molecule has 0 aliphatic rings. The molecule has 2 nitrogen and oxygen atoms in total. The molecule has 1 rings (SSSR count). The van der Waals surface area contributed by atoms with Crippen molar-refractivity contribution in [2.24, 2.45) is 5.73 Å². The molecule has 0 heterocycles. The van der Waals surface area contributed by atoms with Gasteiger partial charge >= 0.3 is 0 Å². The highest BCUT2D eigenvalue weighted by atomic mass is 79.9. The Bertz CT molecular complexity index is 401. The quantitative estimate of drug-likeness (QED) is 0.494. The van der Waals surface area contributed by atoms with Crippen LogP contribution in [0.4, 0.5) is 0 Å². The van der Waals surface area contributed by atoms with Gasteiger partial charge in [0.05, 0.1) is 21.6 Å². The third kappa shape index (κ3) is 4.45. The van der Waals surface area contributed by atoms with E-state index >= 15 is 0 Å². The molecule has 0 amide bonds. The predicted molar refractivity (Wildman–Crippen MR) is 75.7 cm³/mol. The minimum Gasteiger partial charge on any atom is -0.492 e. The molecule has 0 bridgehead atoms. The van der Waals surface area contributed by atoms with Crippen LogP contribution in [0.15, 0.2) is 16.6 Å². The molecule has 0 radical (unpaired) electrons. The highest BCUT2D eigenvalue weighted by molar-refractivity contribution is 9.10. The summed E-state index contributed by atoms with van der Waals surface area (Å²) in [7, 11) is 0. The van der Waals surface area contributed by atoms with Crippen molar-refractivity contribution in [1.82, 2.24) is 0 Å². The van der Waals surface area contributed by atoms with Gasteiger partial charge in [0.2, 0.25) is 0 Å². The van der Waals surface area contributed by atoms with E-state index in [0.717, 1.165) is 10.9 Å². The monoisotopic (exact) mass is 341 g/mol. The maximum Gasteiger partial charge on any atom is 0.139 e. The van der Waals surface area contributed by atoms with E-state index in [1.165, 1.54) is 0 Å². The number of rotatable bonds is 5. The van der Waals surface area contributed by atoms with Gasteiger partial charge in [-0.15, -0.1) is 0 Å². The standard InChI is InChI=1S/C10H10BrCl2NOS/c11-6-4-8(13)9(5-7(6)12)15-3-1-2-10(14)16/h4-5H,1-3H2,(H2,14,16). The van der Waals surface area contributed by atoms with Crippen molar-refractivity contribution in [2.75, 3.05) is 6.61 Å². The van der Waals surface area contributed by atoms with Crippen LogP contribution in [-0.4, -0.2) is 11.6 Å². The van der Waals surface area contributed by atoms with Crippen LogP contribution < -0.4 is 10.5 Å². The van der Waals surface area contributed by atoms with Gasteiger partial charge < -0.3 is 10.5 Å². The first-order chi connectivity index (χ1) is 7.50. The van der Waals surface area contributed by atoms with E-state index in [1.54, 1.807) is 12.1 Å². The van der Waals surface area contributed by atoms with E-state index in [9.17, 15) is 0 Å². The SMILES string of the molecule is NC(=S)CCCOc1cc(Cl)c(Br)cc1Cl. The lowest BCUT2D eigenvalue weighted by Gasteiger charge is -2.09. The molecule has 1 aromatic carbocycles. The second-order valence-corrected chi connectivity index (χ2v) is 5.31. The van der Waals surface area contributed by atoms with Crippen LogP contribution in [0.25, 0.3) is 0 Å². The normalized spacial score (nSPS) is 10.2. The molecule has 0 aliphatic carbocycles. The highest BCUT2D eigenvalue weighted by Gasteiger charge is 2.06. The second-order valence-electron chi connectivity index (χ2n) is 3.12. The Morgan fingerprint density at radius 3 is 2.69 bits per heavy atom. The maximum absolute atomic E-state index is 5.98. The first-order valence-electron chi connectivity index (χ1n) is 4.56. The molecule has 6 heteroatoms. The van der Waals surface area contributed by atoms with Crippen molar-refractivity contribution >= 4 is 56.3 Å². The highest BCUT2D eigenvalue weighted by Crippen LogP contribution is 2.34. The number of halogens is 3. The Labute approximate surface area is 118 Å². The van der Waals surface area contributed by atoms with Gasteiger partial charge in [-0.2, -0.15) is 0 Å². The van der Waals surface area contributed by atoms with Crippen molar-refractivity contribution in [3.05, 3.63) is 26.7 Å². The summed E-state index contributed by atoms with van der Waals surface area (Å²) >= 11 is 19.9. The van der Waals surface area contributed by atoms with Gasteiger partial charge in [-0.25, -0.2) is 0 Å². The molecule has 0 spiro atoms. The average molecular weight is 343 g/mol. The number of hydrogen-bond acceptors (Lipinski definition) is 2. The molecule has 0 saturated carbocycles. The number of thiocarbonyl (C=S) groups is 1. The van der Waals surface area contributed by atoms with Crippen molar-refractivity contribution < 1.29 is 4.74 Å². The fraction of sp³-hybridized carbons (Fsp3) is 0.300. The maximum atomic E-state index is 5.98. The molecule has 0 fully saturated rings. The Kier molecular flexibility index (Phi) is 5.83. The molecule has 2 N–H and O–H groups in total. The topological polar surface area (TPSA) is 35.2 Å². The number of hydrogen-bond donors (Lipinski definition) is 1. The van der Waals surface area contributed by atoms with Gasteiger partial charge in [0, 0.05) is 17.0 Å². The van der Waals surface area contributed by atoms with Gasteiger partial charge in [-0.1, -0.05) is 35.4 Å². The third-order valence-corrected chi connectivity index (χ3v) is 3.50. The summed E-state index contributed by atoms with van der Waals surface area (Å²) in [5.41, 5.74) is 5.37. The Balaban J connectivity index is 2.54. The lowest BCUT2D eigenvalue weighted by Crippen LogP contribution is -2.09. The molecule has 88 valence electrons. The van der Waals surface area contributed by atoms with E-state index in [1.807, 2.05) is 0 Å². The molecule has 0 aliphatic heterocycles. The number of benzene rings is 1. The van der Waals surface area contributed by atoms with Crippen LogP contribution in [0, 0.1) is 0 Å². The molecule has 16 heavy (non-hydrogen) atoms. The van der Waals surface area contributed by atoms with Crippen molar-refractivity contribution in [3.63, 3.8) is 0 Å². The zero-order valence-electron chi connectivity index (χ0n) is 8.30. The van der Waals surface area contributed by atoms with Crippen LogP contribution in [0.1, 0.15) is 12.8 Å². The number of nitrogens with two attached hydrogens (primary N) is 1. The van der Waals surface area contributed by atoms with Gasteiger partial charge in [-0.05, 0) is 28.4 Å². The molecule has 0 aromatic heterocycles. The Hall–Kier alpha value is -0.0300. The van der Waals surface area contributed by atoms with Gasteiger partial charge in [0.15, 0.2) is 0 Å². The van der Waals surface area contributed by atoms with E-state index in [4.69, 9.17) is 45.9 Å². The number of ether oxygens (including phenoxy) is 1. The molecule has 0 unspecified atom stereocenters. The summed E-state index contributed by atoms with van der Waals surface area (Å²) < 4.78 is 6.22. The molecular formula is C10H10BrCl2NOS. The third-order valence-electron chi connectivity index (χ3n) is 1.80. The van der Waals surface area contributed by atoms with Crippen LogP contribution in [-0.2, 0) is 0 Å². The summed E-state index contributed by atoms with van der Waals surface area (Å²) in [5, 5.41) is 1.08. The average Bonchev–Trinajstić information content (AvgIpc) is 2.19. The largest absolute Gasteiger partial charge is 0.492 e. The lowest BCUT2D eigenvalue weighted by atomic mass is 10.3. The van der Waals surface area contributed by atoms with E-state index in [0.29, 0.717) is 33.8 Å². The second kappa shape index (κ2) is 6.64. The van der Waals surface area contributed by atoms with Crippen molar-refractivity contribution in [3.8, 4) is 5.75 Å². The minimum absolute atomic E-state index is 0.489. The van der Waals surface area contributed by atoms with Crippen molar-refractivity contribution in [2.45, 2.75) is 12.8 Å². The summed E-state index contributed by atoms with van der Waals surface area (Å²) in [6.07, 6.45) is 1.43. The smallest absolute Gasteiger partial charge is 0.139 e. The molecule has 0 saturated heterocycles. The zero-order chi connectivity index (χ0) is 12.1. The summed E-state index contributed by atoms with van der Waals surface area (Å²) in [6, 6.07) is 3.38. The Morgan fingerprint density at radius 2 is 2.06 bits per heavy atom. The Morgan fingerprint density at radius 1 is 1.38 bits per heavy atom. The summed E-state index contributed by atoms with van der Waals surface area (Å²) in [5.74, 6) is 0.567. The van der Waals surface area contributed by atoms with Crippen LogP contribution in [0.3, 0.4) is 0 Å². The van der Waals surface area contributed by atoms with Crippen molar-refractivity contribution in [1.29, 1.82) is 0 Å². The first-order valence-corrected chi connectivity index (χ1v) is 6.52. The van der Waals surface area contributed by atoms with Gasteiger partial charge in [0.1, 0.15) is 5.75 Å². The molecule has 0 atom stereocenters. The first kappa shape index (κ1) is 14.0. The molecule has 1 aromatic rings.